The van der Waals surface area contributed by atoms with Gasteiger partial charge in [0, 0.05) is 29.9 Å². The van der Waals surface area contributed by atoms with Gasteiger partial charge in [-0.2, -0.15) is 0 Å². The van der Waals surface area contributed by atoms with E-state index in [1.54, 1.807) is 0 Å². The molecular weight excluding hydrogens is 398 g/mol. The van der Waals surface area contributed by atoms with Gasteiger partial charge in [0.1, 0.15) is 0 Å². The maximum absolute atomic E-state index is 5.73. The van der Waals surface area contributed by atoms with Crippen molar-refractivity contribution in [1.29, 1.82) is 0 Å². The standard InChI is InChI=1S/C24H42BrNO/c1-3-4-5-11-14-19-27-20-15-12-9-7-6-8-10-13-18-26-24-17-16-23(25)21-22(24)2/h16-17,21,26H,3-15,18-20H2,1-2H3. The maximum atomic E-state index is 5.73. The van der Waals surface area contributed by atoms with Crippen LogP contribution in [-0.2, 0) is 4.74 Å². The molecule has 27 heavy (non-hydrogen) atoms. The zero-order valence-corrected chi connectivity index (χ0v) is 19.4. The van der Waals surface area contributed by atoms with Gasteiger partial charge in [-0.3, -0.25) is 0 Å². The van der Waals surface area contributed by atoms with Gasteiger partial charge in [-0.05, 0) is 49.9 Å². The highest BCUT2D eigenvalue weighted by Crippen LogP contribution is 2.20. The number of unbranched alkanes of at least 4 members (excludes halogenated alkanes) is 11. The molecule has 0 atom stereocenters. The van der Waals surface area contributed by atoms with Crippen molar-refractivity contribution in [2.45, 2.75) is 97.3 Å². The first-order chi connectivity index (χ1) is 13.2. The van der Waals surface area contributed by atoms with Gasteiger partial charge in [-0.1, -0.05) is 87.1 Å². The molecule has 0 bridgehead atoms. The lowest BCUT2D eigenvalue weighted by Crippen LogP contribution is -2.02. The zero-order valence-electron chi connectivity index (χ0n) is 17.8. The Bertz CT molecular complexity index is 464. The Labute approximate surface area is 177 Å². The lowest BCUT2D eigenvalue weighted by atomic mass is 10.1. The third-order valence-electron chi connectivity index (χ3n) is 5.11. The molecule has 0 aliphatic heterocycles. The van der Waals surface area contributed by atoms with Crippen LogP contribution in [0.15, 0.2) is 22.7 Å². The Hall–Kier alpha value is -0.540. The summed E-state index contributed by atoms with van der Waals surface area (Å²) < 4.78 is 6.88. The predicted molar refractivity (Wildman–Crippen MR) is 124 cm³/mol. The number of benzene rings is 1. The lowest BCUT2D eigenvalue weighted by Gasteiger charge is -2.09. The molecule has 0 unspecified atom stereocenters. The maximum Gasteiger partial charge on any atom is 0.0466 e. The van der Waals surface area contributed by atoms with Crippen LogP contribution in [-0.4, -0.2) is 19.8 Å². The molecule has 0 radical (unpaired) electrons. The van der Waals surface area contributed by atoms with Crippen LogP contribution in [0, 0.1) is 6.92 Å². The first-order valence-corrected chi connectivity index (χ1v) is 12.1. The van der Waals surface area contributed by atoms with Gasteiger partial charge in [0.05, 0.1) is 0 Å². The Morgan fingerprint density at radius 2 is 1.33 bits per heavy atom. The van der Waals surface area contributed by atoms with Crippen LogP contribution in [0.25, 0.3) is 0 Å². The minimum atomic E-state index is 0.967. The molecule has 1 rings (SSSR count). The number of rotatable bonds is 18. The number of nitrogens with one attached hydrogen (secondary N) is 1. The fourth-order valence-electron chi connectivity index (χ4n) is 3.35. The molecule has 0 amide bonds. The fourth-order valence-corrected chi connectivity index (χ4v) is 3.82. The van der Waals surface area contributed by atoms with Crippen molar-refractivity contribution in [2.24, 2.45) is 0 Å². The van der Waals surface area contributed by atoms with Crippen molar-refractivity contribution in [3.63, 3.8) is 0 Å². The van der Waals surface area contributed by atoms with Crippen LogP contribution in [0.5, 0.6) is 0 Å². The predicted octanol–water partition coefficient (Wildman–Crippen LogP) is 8.28. The molecule has 0 aromatic heterocycles. The normalized spacial score (nSPS) is 11.1. The summed E-state index contributed by atoms with van der Waals surface area (Å²) in [6.45, 7) is 7.44. The van der Waals surface area contributed by atoms with E-state index in [2.05, 4.69) is 53.3 Å². The number of hydrogen-bond acceptors (Lipinski definition) is 2. The monoisotopic (exact) mass is 439 g/mol. The van der Waals surface area contributed by atoms with Crippen molar-refractivity contribution in [1.82, 2.24) is 0 Å². The summed E-state index contributed by atoms with van der Waals surface area (Å²) in [5, 5.41) is 3.56. The van der Waals surface area contributed by atoms with Gasteiger partial charge in [0.15, 0.2) is 0 Å². The van der Waals surface area contributed by atoms with Gasteiger partial charge in [-0.15, -0.1) is 0 Å². The van der Waals surface area contributed by atoms with E-state index in [1.807, 2.05) is 0 Å². The summed E-state index contributed by atoms with van der Waals surface area (Å²) in [5.41, 5.74) is 2.58. The average Bonchev–Trinajstić information content (AvgIpc) is 2.65. The van der Waals surface area contributed by atoms with Crippen molar-refractivity contribution >= 4 is 21.6 Å². The van der Waals surface area contributed by atoms with Crippen molar-refractivity contribution in [3.8, 4) is 0 Å². The average molecular weight is 441 g/mol. The molecule has 0 fully saturated rings. The van der Waals surface area contributed by atoms with E-state index in [-0.39, 0.29) is 0 Å². The molecular formula is C24H42BrNO. The lowest BCUT2D eigenvalue weighted by molar-refractivity contribution is 0.125. The summed E-state index contributed by atoms with van der Waals surface area (Å²) in [6, 6.07) is 6.44. The number of anilines is 1. The second-order valence-corrected chi connectivity index (χ2v) is 8.66. The van der Waals surface area contributed by atoms with Gasteiger partial charge in [0.25, 0.3) is 0 Å². The molecule has 1 aromatic rings. The van der Waals surface area contributed by atoms with Crippen LogP contribution >= 0.6 is 15.9 Å². The highest BCUT2D eigenvalue weighted by molar-refractivity contribution is 9.10. The molecule has 0 aliphatic rings. The first kappa shape index (κ1) is 24.5. The smallest absolute Gasteiger partial charge is 0.0466 e. The highest BCUT2D eigenvalue weighted by atomic mass is 79.9. The summed E-state index contributed by atoms with van der Waals surface area (Å²) in [5.74, 6) is 0. The molecule has 1 aromatic carbocycles. The number of ether oxygens (including phenoxy) is 1. The van der Waals surface area contributed by atoms with Crippen molar-refractivity contribution in [2.75, 3.05) is 25.1 Å². The van der Waals surface area contributed by atoms with Crippen LogP contribution in [0.2, 0.25) is 0 Å². The summed E-state index contributed by atoms with van der Waals surface area (Å²) in [6.07, 6.45) is 17.3. The largest absolute Gasteiger partial charge is 0.385 e. The van der Waals surface area contributed by atoms with Crippen molar-refractivity contribution in [3.05, 3.63) is 28.2 Å². The molecule has 0 aliphatic carbocycles. The van der Waals surface area contributed by atoms with Gasteiger partial charge in [0.2, 0.25) is 0 Å². The third kappa shape index (κ3) is 14.2. The summed E-state index contributed by atoms with van der Waals surface area (Å²) >= 11 is 3.52. The van der Waals surface area contributed by atoms with Crippen LogP contribution in [0.3, 0.4) is 0 Å². The van der Waals surface area contributed by atoms with E-state index in [0.717, 1.165) is 24.2 Å². The van der Waals surface area contributed by atoms with Gasteiger partial charge in [-0.25, -0.2) is 0 Å². The molecule has 0 saturated carbocycles. The van der Waals surface area contributed by atoms with E-state index >= 15 is 0 Å². The molecule has 156 valence electrons. The molecule has 0 saturated heterocycles. The Balaban J connectivity index is 1.78. The third-order valence-corrected chi connectivity index (χ3v) is 5.60. The molecule has 0 heterocycles. The van der Waals surface area contributed by atoms with Crippen molar-refractivity contribution < 1.29 is 4.74 Å². The quantitative estimate of drug-likeness (QED) is 0.232. The first-order valence-electron chi connectivity index (χ1n) is 11.3. The fraction of sp³-hybridized carbons (Fsp3) is 0.750. The highest BCUT2D eigenvalue weighted by Gasteiger charge is 1.98. The number of aryl methyl sites for hydroxylation is 1. The van der Waals surface area contributed by atoms with Gasteiger partial charge < -0.3 is 10.1 Å². The summed E-state index contributed by atoms with van der Waals surface area (Å²) in [4.78, 5) is 0. The molecule has 3 heteroatoms. The van der Waals surface area contributed by atoms with E-state index in [0.29, 0.717) is 0 Å². The van der Waals surface area contributed by atoms with E-state index in [4.69, 9.17) is 4.74 Å². The Kier molecular flexibility index (Phi) is 15.9. The molecule has 2 nitrogen and oxygen atoms in total. The van der Waals surface area contributed by atoms with E-state index in [1.165, 1.54) is 94.7 Å². The zero-order chi connectivity index (χ0) is 19.6. The Morgan fingerprint density at radius 3 is 1.93 bits per heavy atom. The minimum absolute atomic E-state index is 0.967. The topological polar surface area (TPSA) is 21.3 Å². The van der Waals surface area contributed by atoms with Crippen LogP contribution in [0.1, 0.15) is 96.0 Å². The van der Waals surface area contributed by atoms with E-state index in [9.17, 15) is 0 Å². The minimum Gasteiger partial charge on any atom is -0.385 e. The number of halogens is 1. The van der Waals surface area contributed by atoms with Gasteiger partial charge >= 0.3 is 0 Å². The SMILES string of the molecule is CCCCCCCOCCCCCCCCCCNc1ccc(Br)cc1C. The summed E-state index contributed by atoms with van der Waals surface area (Å²) in [7, 11) is 0. The van der Waals surface area contributed by atoms with E-state index < -0.39 is 0 Å². The Morgan fingerprint density at radius 1 is 0.778 bits per heavy atom. The molecule has 1 N–H and O–H groups in total. The second-order valence-electron chi connectivity index (χ2n) is 7.74. The number of hydrogen-bond donors (Lipinski definition) is 1. The molecule has 0 spiro atoms. The second kappa shape index (κ2) is 17.6. The van der Waals surface area contributed by atoms with Crippen LogP contribution in [0.4, 0.5) is 5.69 Å². The van der Waals surface area contributed by atoms with Crippen LogP contribution < -0.4 is 5.32 Å².